The second kappa shape index (κ2) is 10.8. The molecule has 9 heteroatoms. The minimum Gasteiger partial charge on any atom is -1.00 e. The van der Waals surface area contributed by atoms with Crippen molar-refractivity contribution in [1.29, 1.82) is 0 Å². The molecule has 2 aromatic rings. The first kappa shape index (κ1) is 22.7. The zero-order valence-corrected chi connectivity index (χ0v) is 17.0. The van der Waals surface area contributed by atoms with Gasteiger partial charge in [0.2, 0.25) is 0 Å². The second-order valence-electron chi connectivity index (χ2n) is 6.68. The summed E-state index contributed by atoms with van der Waals surface area (Å²) < 4.78 is 10.7. The topological polar surface area (TPSA) is 88.3 Å². The molecule has 1 atom stereocenters. The Morgan fingerprint density at radius 3 is 2.38 bits per heavy atom. The number of para-hydroxylation sites is 2. The molecule has 3 rings (SSSR count). The van der Waals surface area contributed by atoms with Gasteiger partial charge in [-0.15, -0.1) is 0 Å². The number of halogens is 1. The average Bonchev–Trinajstić information content (AvgIpc) is 2.73. The van der Waals surface area contributed by atoms with Crippen molar-refractivity contribution < 1.29 is 31.9 Å². The summed E-state index contributed by atoms with van der Waals surface area (Å²) in [6.07, 6.45) is -0.715. The average molecular weight is 423 g/mol. The molecule has 158 valence electrons. The van der Waals surface area contributed by atoms with Gasteiger partial charge in [-0.3, -0.25) is 15.0 Å². The van der Waals surface area contributed by atoms with Crippen LogP contribution >= 0.6 is 0 Å². The van der Waals surface area contributed by atoms with Crippen LogP contribution in [-0.4, -0.2) is 67.5 Å². The lowest BCUT2D eigenvalue weighted by Gasteiger charge is -2.36. The number of ether oxygens (including phenoxy) is 2. The molecule has 1 heterocycles. The maximum Gasteiger partial charge on any atom is 0.310 e. The molecule has 1 unspecified atom stereocenters. The first-order chi connectivity index (χ1) is 13.6. The molecule has 29 heavy (non-hydrogen) atoms. The number of nitrogens with zero attached hydrogens (tertiary/aromatic N) is 3. The van der Waals surface area contributed by atoms with Crippen LogP contribution in [0, 0.1) is 10.1 Å². The van der Waals surface area contributed by atoms with Crippen LogP contribution in [0.1, 0.15) is 0 Å². The van der Waals surface area contributed by atoms with E-state index >= 15 is 0 Å². The Hall–Kier alpha value is -2.55. The Bertz CT molecular complexity index is 782. The number of nitro groups is 1. The van der Waals surface area contributed by atoms with Gasteiger partial charge in [0, 0.05) is 44.5 Å². The number of anilines is 1. The summed E-state index contributed by atoms with van der Waals surface area (Å²) in [5.41, 5.74) is 1.06. The predicted molar refractivity (Wildman–Crippen MR) is 106 cm³/mol. The standard InChI is InChI=1S/C20H25N3O5.ClH/c1-27-18-8-6-16(7-9-18)22-12-10-21(11-13-22)14-17(24)15-28-20-5-3-2-4-19(20)23(25)26;/h2-9,17,24H,10-15H2,1H3;1H/p-1. The minimum atomic E-state index is -0.715. The van der Waals surface area contributed by atoms with Crippen molar-refractivity contribution in [2.24, 2.45) is 0 Å². The van der Waals surface area contributed by atoms with Crippen LogP contribution < -0.4 is 26.8 Å². The van der Waals surface area contributed by atoms with E-state index < -0.39 is 11.0 Å². The van der Waals surface area contributed by atoms with Crippen LogP contribution in [0.4, 0.5) is 11.4 Å². The van der Waals surface area contributed by atoms with Crippen molar-refractivity contribution in [2.75, 3.05) is 51.3 Å². The minimum absolute atomic E-state index is 0. The highest BCUT2D eigenvalue weighted by Gasteiger charge is 2.21. The van der Waals surface area contributed by atoms with Crippen molar-refractivity contribution in [3.63, 3.8) is 0 Å². The molecule has 2 aromatic carbocycles. The van der Waals surface area contributed by atoms with Crippen LogP contribution in [-0.2, 0) is 0 Å². The molecule has 0 radical (unpaired) electrons. The summed E-state index contributed by atoms with van der Waals surface area (Å²) in [6, 6.07) is 14.2. The third kappa shape index (κ3) is 6.22. The maximum atomic E-state index is 11.0. The Morgan fingerprint density at radius 2 is 1.76 bits per heavy atom. The Balaban J connectivity index is 0.00000300. The molecule has 1 aliphatic rings. The highest BCUT2D eigenvalue weighted by atomic mass is 35.5. The predicted octanol–water partition coefficient (Wildman–Crippen LogP) is -0.831. The van der Waals surface area contributed by atoms with E-state index in [1.165, 1.54) is 6.07 Å². The normalized spacial score (nSPS) is 15.3. The summed E-state index contributed by atoms with van der Waals surface area (Å²) in [6.45, 7) is 3.87. The summed E-state index contributed by atoms with van der Waals surface area (Å²) in [7, 11) is 1.65. The number of aliphatic hydroxyl groups is 1. The van der Waals surface area contributed by atoms with Gasteiger partial charge in [-0.1, -0.05) is 12.1 Å². The van der Waals surface area contributed by atoms with Crippen molar-refractivity contribution >= 4 is 11.4 Å². The molecule has 8 nitrogen and oxygen atoms in total. The van der Waals surface area contributed by atoms with Gasteiger partial charge < -0.3 is 31.9 Å². The molecule has 0 aromatic heterocycles. The number of methoxy groups -OCH3 is 1. The fourth-order valence-corrected chi connectivity index (χ4v) is 3.25. The number of hydrogen-bond donors (Lipinski definition) is 1. The summed E-state index contributed by atoms with van der Waals surface area (Å²) in [4.78, 5) is 15.0. The number of nitro benzene ring substituents is 1. The van der Waals surface area contributed by atoms with Gasteiger partial charge in [-0.25, -0.2) is 0 Å². The molecule has 0 amide bonds. The SMILES string of the molecule is COc1ccc(N2CCN(CC(O)COc3ccccc3[N+](=O)[O-])CC2)cc1.[Cl-]. The first-order valence-corrected chi connectivity index (χ1v) is 9.22. The molecule has 1 saturated heterocycles. The quantitative estimate of drug-likeness (QED) is 0.439. The Labute approximate surface area is 176 Å². The van der Waals surface area contributed by atoms with E-state index in [-0.39, 0.29) is 30.5 Å². The van der Waals surface area contributed by atoms with Crippen molar-refractivity contribution in [3.8, 4) is 11.5 Å². The highest BCUT2D eigenvalue weighted by Crippen LogP contribution is 2.26. The zero-order chi connectivity index (χ0) is 19.9. The number of rotatable bonds is 8. The monoisotopic (exact) mass is 422 g/mol. The molecular weight excluding hydrogens is 398 g/mol. The molecule has 0 spiro atoms. The van der Waals surface area contributed by atoms with Crippen LogP contribution in [0.2, 0.25) is 0 Å². The number of aliphatic hydroxyl groups excluding tert-OH is 1. The molecule has 0 aliphatic carbocycles. The summed E-state index contributed by atoms with van der Waals surface area (Å²) in [5.74, 6) is 1.01. The summed E-state index contributed by atoms with van der Waals surface area (Å²) in [5, 5.41) is 21.3. The molecule has 0 saturated carbocycles. The van der Waals surface area contributed by atoms with Gasteiger partial charge in [0.05, 0.1) is 12.0 Å². The largest absolute Gasteiger partial charge is 1.00 e. The van der Waals surface area contributed by atoms with Gasteiger partial charge >= 0.3 is 5.69 Å². The van der Waals surface area contributed by atoms with Gasteiger partial charge in [-0.2, -0.15) is 0 Å². The Kier molecular flexibility index (Phi) is 8.50. The lowest BCUT2D eigenvalue weighted by molar-refractivity contribution is -0.385. The fourth-order valence-electron chi connectivity index (χ4n) is 3.25. The van der Waals surface area contributed by atoms with E-state index in [9.17, 15) is 15.2 Å². The van der Waals surface area contributed by atoms with Crippen molar-refractivity contribution in [3.05, 3.63) is 58.6 Å². The van der Waals surface area contributed by atoms with Gasteiger partial charge in [0.15, 0.2) is 5.75 Å². The third-order valence-corrected chi connectivity index (χ3v) is 4.77. The zero-order valence-electron chi connectivity index (χ0n) is 16.2. The third-order valence-electron chi connectivity index (χ3n) is 4.77. The lowest BCUT2D eigenvalue weighted by Crippen LogP contribution is -3.00. The molecule has 1 aliphatic heterocycles. The fraction of sp³-hybridized carbons (Fsp3) is 0.400. The van der Waals surface area contributed by atoms with Gasteiger partial charge in [0.1, 0.15) is 18.5 Å². The molecular formula is C20H25ClN3O5-. The summed E-state index contributed by atoms with van der Waals surface area (Å²) >= 11 is 0. The van der Waals surface area contributed by atoms with Crippen LogP contribution in [0.25, 0.3) is 0 Å². The Morgan fingerprint density at radius 1 is 1.10 bits per heavy atom. The molecule has 1 fully saturated rings. The van der Waals surface area contributed by atoms with E-state index in [0.29, 0.717) is 6.54 Å². The van der Waals surface area contributed by atoms with E-state index in [1.54, 1.807) is 25.3 Å². The number of benzene rings is 2. The van der Waals surface area contributed by atoms with E-state index in [0.717, 1.165) is 37.6 Å². The van der Waals surface area contributed by atoms with Gasteiger partial charge in [0.25, 0.3) is 0 Å². The highest BCUT2D eigenvalue weighted by molar-refractivity contribution is 5.49. The molecule has 0 bridgehead atoms. The second-order valence-corrected chi connectivity index (χ2v) is 6.68. The number of hydrogen-bond acceptors (Lipinski definition) is 7. The van der Waals surface area contributed by atoms with Gasteiger partial charge in [-0.05, 0) is 30.3 Å². The first-order valence-electron chi connectivity index (χ1n) is 9.22. The van der Waals surface area contributed by atoms with Crippen molar-refractivity contribution in [1.82, 2.24) is 4.90 Å². The molecule has 1 N–H and O–H groups in total. The lowest BCUT2D eigenvalue weighted by atomic mass is 10.2. The van der Waals surface area contributed by atoms with E-state index in [2.05, 4.69) is 9.80 Å². The van der Waals surface area contributed by atoms with Crippen molar-refractivity contribution in [2.45, 2.75) is 6.10 Å². The van der Waals surface area contributed by atoms with Crippen LogP contribution in [0.3, 0.4) is 0 Å². The van der Waals surface area contributed by atoms with E-state index in [4.69, 9.17) is 9.47 Å². The van der Waals surface area contributed by atoms with Crippen LogP contribution in [0.5, 0.6) is 11.5 Å². The number of β-amino-alcohol motifs (C(OH)–C–C–N with tert-alkyl or cyclic N) is 1. The van der Waals surface area contributed by atoms with E-state index in [1.807, 2.05) is 24.3 Å². The number of piperazine rings is 1. The van der Waals surface area contributed by atoms with Crippen LogP contribution in [0.15, 0.2) is 48.5 Å². The smallest absolute Gasteiger partial charge is 0.310 e. The maximum absolute atomic E-state index is 11.0.